The number of piperidine rings is 1. The van der Waals surface area contributed by atoms with Gasteiger partial charge in [-0.3, -0.25) is 9.69 Å². The summed E-state index contributed by atoms with van der Waals surface area (Å²) in [7, 11) is 1.49. The molecule has 2 rings (SSSR count). The van der Waals surface area contributed by atoms with Gasteiger partial charge in [0.1, 0.15) is 6.04 Å². The quantitative estimate of drug-likeness (QED) is 0.590. The molecule has 0 spiro atoms. The van der Waals surface area contributed by atoms with Crippen LogP contribution in [-0.4, -0.2) is 37.1 Å². The minimum absolute atomic E-state index is 0.00882. The van der Waals surface area contributed by atoms with Gasteiger partial charge >= 0.3 is 5.97 Å². The van der Waals surface area contributed by atoms with E-state index >= 15 is 0 Å². The van der Waals surface area contributed by atoms with Crippen LogP contribution in [-0.2, 0) is 16.0 Å². The summed E-state index contributed by atoms with van der Waals surface area (Å²) in [6.07, 6.45) is 6.73. The average Bonchev–Trinajstić information content (AvgIpc) is 2.52. The zero-order valence-corrected chi connectivity index (χ0v) is 12.4. The molecule has 0 amide bonds. The second kappa shape index (κ2) is 8.05. The largest absolute Gasteiger partial charge is 0.468 e. The van der Waals surface area contributed by atoms with Crippen LogP contribution in [0.1, 0.15) is 37.7 Å². The average molecular weight is 275 g/mol. The molecule has 0 aromatic heterocycles. The highest BCUT2D eigenvalue weighted by Crippen LogP contribution is 2.19. The summed E-state index contributed by atoms with van der Waals surface area (Å²) >= 11 is 0. The highest BCUT2D eigenvalue weighted by Gasteiger charge is 2.28. The summed E-state index contributed by atoms with van der Waals surface area (Å²) in [5.74, 6) is -0.0623. The first-order chi connectivity index (χ1) is 9.81. The van der Waals surface area contributed by atoms with Gasteiger partial charge in [0.15, 0.2) is 0 Å². The van der Waals surface area contributed by atoms with Gasteiger partial charge in [-0.1, -0.05) is 36.8 Å². The van der Waals surface area contributed by atoms with Gasteiger partial charge in [0.25, 0.3) is 0 Å². The number of nitrogens with zero attached hydrogens (tertiary/aromatic N) is 1. The van der Waals surface area contributed by atoms with Crippen LogP contribution in [0.5, 0.6) is 0 Å². The van der Waals surface area contributed by atoms with Gasteiger partial charge in [-0.25, -0.2) is 0 Å². The fraction of sp³-hybridized carbons (Fsp3) is 0.588. The maximum Gasteiger partial charge on any atom is 0.323 e. The molecule has 110 valence electrons. The number of hydrogen-bond donors (Lipinski definition) is 0. The minimum Gasteiger partial charge on any atom is -0.468 e. The summed E-state index contributed by atoms with van der Waals surface area (Å²) in [6, 6.07) is 10.6. The third-order valence-electron chi connectivity index (χ3n) is 4.09. The fourth-order valence-electron chi connectivity index (χ4n) is 2.95. The Hall–Kier alpha value is -1.35. The minimum atomic E-state index is -0.0623. The molecule has 3 heteroatoms. The zero-order valence-electron chi connectivity index (χ0n) is 12.4. The lowest BCUT2D eigenvalue weighted by Crippen LogP contribution is -2.45. The molecule has 1 aromatic carbocycles. The lowest BCUT2D eigenvalue weighted by Gasteiger charge is -2.33. The van der Waals surface area contributed by atoms with Crippen molar-refractivity contribution >= 4 is 5.97 Å². The maximum atomic E-state index is 11.8. The summed E-state index contributed by atoms with van der Waals surface area (Å²) in [5.41, 5.74) is 1.40. The number of hydrogen-bond acceptors (Lipinski definition) is 3. The van der Waals surface area contributed by atoms with Crippen LogP contribution in [0.25, 0.3) is 0 Å². The Morgan fingerprint density at radius 1 is 1.25 bits per heavy atom. The van der Waals surface area contributed by atoms with Crippen molar-refractivity contribution in [1.82, 2.24) is 4.90 Å². The number of benzene rings is 1. The topological polar surface area (TPSA) is 29.5 Å². The summed E-state index contributed by atoms with van der Waals surface area (Å²) in [6.45, 7) is 2.04. The normalized spacial score (nSPS) is 19.8. The first-order valence-corrected chi connectivity index (χ1v) is 7.67. The van der Waals surface area contributed by atoms with E-state index in [0.29, 0.717) is 0 Å². The molecule has 1 aliphatic heterocycles. The molecule has 1 atom stereocenters. The molecule has 0 bridgehead atoms. The fourth-order valence-corrected chi connectivity index (χ4v) is 2.95. The molecule has 3 nitrogen and oxygen atoms in total. The Bertz CT molecular complexity index is 405. The van der Waals surface area contributed by atoms with Crippen molar-refractivity contribution in [2.75, 3.05) is 20.2 Å². The van der Waals surface area contributed by atoms with Gasteiger partial charge in [0, 0.05) is 0 Å². The molecule has 0 radical (unpaired) electrons. The summed E-state index contributed by atoms with van der Waals surface area (Å²) < 4.78 is 4.91. The first kappa shape index (κ1) is 15.0. The molecule has 1 aromatic rings. The van der Waals surface area contributed by atoms with E-state index in [1.807, 2.05) is 0 Å². The molecule has 0 N–H and O–H groups in total. The second-order valence-corrected chi connectivity index (χ2v) is 5.51. The number of methoxy groups -OCH3 is 1. The van der Waals surface area contributed by atoms with Crippen molar-refractivity contribution < 1.29 is 9.53 Å². The van der Waals surface area contributed by atoms with Crippen molar-refractivity contribution in [3.63, 3.8) is 0 Å². The van der Waals surface area contributed by atoms with Crippen LogP contribution < -0.4 is 0 Å². The van der Waals surface area contributed by atoms with Gasteiger partial charge in [0.2, 0.25) is 0 Å². The van der Waals surface area contributed by atoms with Gasteiger partial charge in [-0.2, -0.15) is 0 Å². The van der Waals surface area contributed by atoms with Crippen LogP contribution in [0.2, 0.25) is 0 Å². The Balaban J connectivity index is 1.73. The van der Waals surface area contributed by atoms with E-state index in [-0.39, 0.29) is 12.0 Å². The third-order valence-corrected chi connectivity index (χ3v) is 4.09. The van der Waals surface area contributed by atoms with E-state index in [4.69, 9.17) is 4.74 Å². The standard InChI is InChI=1S/C17H25NO2/c1-20-17(19)16-12-6-8-14-18(16)13-7-5-11-15-9-3-2-4-10-15/h2-4,9-10,16H,5-8,11-14H2,1H3/t16-/m1/s1. The number of carbonyl (C=O) groups is 1. The Labute approximate surface area is 121 Å². The van der Waals surface area contributed by atoms with Crippen molar-refractivity contribution in [1.29, 1.82) is 0 Å². The number of unbranched alkanes of at least 4 members (excludes halogenated alkanes) is 1. The summed E-state index contributed by atoms with van der Waals surface area (Å²) in [4.78, 5) is 14.1. The molecule has 0 unspecified atom stereocenters. The van der Waals surface area contributed by atoms with Crippen LogP contribution in [0.15, 0.2) is 30.3 Å². The molecular formula is C17H25NO2. The van der Waals surface area contributed by atoms with Gasteiger partial charge in [0.05, 0.1) is 7.11 Å². The molecule has 1 saturated heterocycles. The number of ether oxygens (including phenoxy) is 1. The highest BCUT2D eigenvalue weighted by atomic mass is 16.5. The van der Waals surface area contributed by atoms with Gasteiger partial charge < -0.3 is 4.74 Å². The van der Waals surface area contributed by atoms with E-state index in [9.17, 15) is 4.79 Å². The Morgan fingerprint density at radius 2 is 2.05 bits per heavy atom. The SMILES string of the molecule is COC(=O)[C@H]1CCCCN1CCCCc1ccccc1. The maximum absolute atomic E-state index is 11.8. The summed E-state index contributed by atoms with van der Waals surface area (Å²) in [5, 5.41) is 0. The van der Waals surface area contributed by atoms with E-state index in [1.165, 1.54) is 25.5 Å². The first-order valence-electron chi connectivity index (χ1n) is 7.67. The second-order valence-electron chi connectivity index (χ2n) is 5.51. The highest BCUT2D eigenvalue weighted by molar-refractivity contribution is 5.75. The predicted octanol–water partition coefficient (Wildman–Crippen LogP) is 3.04. The van der Waals surface area contributed by atoms with Gasteiger partial charge in [-0.15, -0.1) is 0 Å². The lowest BCUT2D eigenvalue weighted by molar-refractivity contribution is -0.148. The predicted molar refractivity (Wildman–Crippen MR) is 80.6 cm³/mol. The number of aryl methyl sites for hydroxylation is 1. The zero-order chi connectivity index (χ0) is 14.2. The number of rotatable bonds is 6. The molecular weight excluding hydrogens is 250 g/mol. The lowest BCUT2D eigenvalue weighted by atomic mass is 10.0. The van der Waals surface area contributed by atoms with Crippen molar-refractivity contribution in [3.05, 3.63) is 35.9 Å². The Kier molecular flexibility index (Phi) is 6.06. The van der Waals surface area contributed by atoms with Crippen LogP contribution in [0.4, 0.5) is 0 Å². The van der Waals surface area contributed by atoms with E-state index in [1.54, 1.807) is 0 Å². The molecule has 0 aliphatic carbocycles. The molecule has 1 heterocycles. The molecule has 0 saturated carbocycles. The van der Waals surface area contributed by atoms with Crippen LogP contribution in [0.3, 0.4) is 0 Å². The van der Waals surface area contributed by atoms with Crippen molar-refractivity contribution in [2.45, 2.75) is 44.6 Å². The smallest absolute Gasteiger partial charge is 0.323 e. The monoisotopic (exact) mass is 275 g/mol. The molecule has 20 heavy (non-hydrogen) atoms. The van der Waals surface area contributed by atoms with Gasteiger partial charge in [-0.05, 0) is 50.8 Å². The number of likely N-dealkylation sites (tertiary alicyclic amines) is 1. The number of esters is 1. The van der Waals surface area contributed by atoms with E-state index in [2.05, 4.69) is 35.2 Å². The van der Waals surface area contributed by atoms with Crippen molar-refractivity contribution in [3.8, 4) is 0 Å². The molecule has 1 aliphatic rings. The van der Waals surface area contributed by atoms with E-state index in [0.717, 1.165) is 38.8 Å². The Morgan fingerprint density at radius 3 is 2.80 bits per heavy atom. The van der Waals surface area contributed by atoms with E-state index < -0.39 is 0 Å². The van der Waals surface area contributed by atoms with Crippen LogP contribution >= 0.6 is 0 Å². The third kappa shape index (κ3) is 4.34. The number of carbonyl (C=O) groups excluding carboxylic acids is 1. The van der Waals surface area contributed by atoms with Crippen molar-refractivity contribution in [2.24, 2.45) is 0 Å². The van der Waals surface area contributed by atoms with Crippen LogP contribution in [0, 0.1) is 0 Å². The molecule has 1 fully saturated rings.